The molecule has 0 saturated carbocycles. The number of nitrogens with two attached hydrogens (primary N) is 1. The third-order valence-corrected chi connectivity index (χ3v) is 2.05. The number of halogens is 3. The first-order valence-corrected chi connectivity index (χ1v) is 5.42. The molecule has 0 radical (unpaired) electrons. The van der Waals surface area contributed by atoms with Gasteiger partial charge in [-0.15, -0.1) is 0 Å². The van der Waals surface area contributed by atoms with Crippen molar-refractivity contribution in [2.75, 3.05) is 6.54 Å². The van der Waals surface area contributed by atoms with Crippen molar-refractivity contribution in [3.63, 3.8) is 0 Å². The molecule has 0 aromatic carbocycles. The molecule has 0 saturated heterocycles. The highest BCUT2D eigenvalue weighted by atomic mass is 35.6. The third kappa shape index (κ3) is 6.52. The highest BCUT2D eigenvalue weighted by molar-refractivity contribution is 6.69. The van der Waals surface area contributed by atoms with Gasteiger partial charge >= 0.3 is 0 Å². The molecule has 0 atom stereocenters. The van der Waals surface area contributed by atoms with Crippen LogP contribution in [0.15, 0.2) is 16.8 Å². The molecule has 5 heteroatoms. The second kappa shape index (κ2) is 5.84. The maximum Gasteiger partial charge on any atom is 0.229 e. The smallest absolute Gasteiger partial charge is 0.229 e. The van der Waals surface area contributed by atoms with Gasteiger partial charge in [-0.1, -0.05) is 48.7 Å². The van der Waals surface area contributed by atoms with Crippen LogP contribution in [0.5, 0.6) is 0 Å². The average Bonchev–Trinajstić information content (AvgIpc) is 1.99. The van der Waals surface area contributed by atoms with Crippen molar-refractivity contribution in [1.82, 2.24) is 0 Å². The number of alkyl halides is 3. The Balaban J connectivity index is 4.43. The van der Waals surface area contributed by atoms with Gasteiger partial charge in [0.2, 0.25) is 3.79 Å². The van der Waals surface area contributed by atoms with Crippen LogP contribution in [0.2, 0.25) is 0 Å². The Bertz CT molecular complexity index is 239. The average molecular weight is 258 g/mol. The van der Waals surface area contributed by atoms with Crippen molar-refractivity contribution in [3.8, 4) is 0 Å². The number of hydrogen-bond acceptors (Lipinski definition) is 2. The van der Waals surface area contributed by atoms with Crippen LogP contribution in [-0.4, -0.2) is 16.0 Å². The molecule has 0 bridgehead atoms. The van der Waals surface area contributed by atoms with Crippen molar-refractivity contribution >= 4 is 40.5 Å². The topological polar surface area (TPSA) is 38.4 Å². The van der Waals surface area contributed by atoms with Crippen molar-refractivity contribution in [2.24, 2.45) is 16.6 Å². The molecule has 0 aromatic heterocycles. The zero-order chi connectivity index (χ0) is 11.4. The molecular weight excluding hydrogens is 242 g/mol. The molecule has 2 nitrogen and oxygen atoms in total. The van der Waals surface area contributed by atoms with Crippen LogP contribution in [0, 0.1) is 5.92 Å². The maximum atomic E-state index is 5.57. The lowest BCUT2D eigenvalue weighted by Crippen LogP contribution is -2.16. The molecule has 0 aliphatic heterocycles. The first-order valence-electron chi connectivity index (χ1n) is 4.29. The number of allylic oxidation sites excluding steroid dienone is 2. The fraction of sp³-hybridized carbons (Fsp3) is 0.667. The van der Waals surface area contributed by atoms with E-state index in [0.29, 0.717) is 5.92 Å². The fourth-order valence-corrected chi connectivity index (χ4v) is 0.843. The molecule has 0 heterocycles. The lowest BCUT2D eigenvalue weighted by Gasteiger charge is -2.10. The van der Waals surface area contributed by atoms with Crippen molar-refractivity contribution in [3.05, 3.63) is 11.8 Å². The Morgan fingerprint density at radius 2 is 1.93 bits per heavy atom. The van der Waals surface area contributed by atoms with E-state index < -0.39 is 3.79 Å². The third-order valence-electron chi connectivity index (χ3n) is 1.40. The van der Waals surface area contributed by atoms with E-state index >= 15 is 0 Å². The summed E-state index contributed by atoms with van der Waals surface area (Å²) < 4.78 is -1.55. The first-order chi connectivity index (χ1) is 6.23. The molecule has 0 amide bonds. The van der Waals surface area contributed by atoms with Gasteiger partial charge in [0.05, 0.1) is 5.70 Å². The summed E-state index contributed by atoms with van der Waals surface area (Å²) in [5.41, 5.74) is 6.50. The molecule has 0 spiro atoms. The highest BCUT2D eigenvalue weighted by Gasteiger charge is 2.23. The summed E-state index contributed by atoms with van der Waals surface area (Å²) in [6.45, 7) is 6.73. The minimum absolute atomic E-state index is 0.188. The zero-order valence-corrected chi connectivity index (χ0v) is 10.8. The molecule has 0 aromatic rings. The molecule has 82 valence electrons. The van der Waals surface area contributed by atoms with E-state index in [1.54, 1.807) is 6.08 Å². The second-order valence-electron chi connectivity index (χ2n) is 3.47. The molecule has 0 unspecified atom stereocenters. The van der Waals surface area contributed by atoms with Crippen molar-refractivity contribution in [1.29, 1.82) is 0 Å². The summed E-state index contributed by atoms with van der Waals surface area (Å²) in [6, 6.07) is 0. The van der Waals surface area contributed by atoms with E-state index in [1.807, 2.05) is 6.92 Å². The Hall–Kier alpha value is 0.0800. The second-order valence-corrected chi connectivity index (χ2v) is 5.75. The maximum absolute atomic E-state index is 5.57. The fourth-order valence-electron chi connectivity index (χ4n) is 0.679. The van der Waals surface area contributed by atoms with E-state index in [2.05, 4.69) is 18.8 Å². The van der Waals surface area contributed by atoms with Crippen molar-refractivity contribution in [2.45, 2.75) is 24.6 Å². The monoisotopic (exact) mass is 256 g/mol. The van der Waals surface area contributed by atoms with Crippen LogP contribution in [0.3, 0.4) is 0 Å². The highest BCUT2D eigenvalue weighted by Crippen LogP contribution is 2.31. The summed E-state index contributed by atoms with van der Waals surface area (Å²) in [7, 11) is 0. The lowest BCUT2D eigenvalue weighted by molar-refractivity contribution is 0.666. The standard InChI is InChI=1S/C9H15Cl3N2/c1-6(2)5-14-7(3)4-8(13)9(10,11)12/h4,6H,5,13H2,1-3H3. The molecular formula is C9H15Cl3N2. The summed E-state index contributed by atoms with van der Waals surface area (Å²) in [4.78, 5) is 4.26. The molecule has 0 aliphatic rings. The quantitative estimate of drug-likeness (QED) is 0.611. The van der Waals surface area contributed by atoms with E-state index in [9.17, 15) is 0 Å². The molecule has 0 rings (SSSR count). The summed E-state index contributed by atoms with van der Waals surface area (Å²) in [6.07, 6.45) is 1.58. The predicted octanol–water partition coefficient (Wildman–Crippen LogP) is 3.32. The van der Waals surface area contributed by atoms with Crippen LogP contribution < -0.4 is 5.73 Å². The Kier molecular flexibility index (Phi) is 5.87. The number of hydrogen-bond donors (Lipinski definition) is 1. The van der Waals surface area contributed by atoms with Crippen LogP contribution in [0.4, 0.5) is 0 Å². The Morgan fingerprint density at radius 1 is 1.43 bits per heavy atom. The van der Waals surface area contributed by atoms with Crippen LogP contribution in [-0.2, 0) is 0 Å². The zero-order valence-electron chi connectivity index (χ0n) is 8.52. The summed E-state index contributed by atoms with van der Waals surface area (Å²) in [5, 5.41) is 0. The molecule has 2 N–H and O–H groups in total. The van der Waals surface area contributed by atoms with Crippen molar-refractivity contribution < 1.29 is 0 Å². The van der Waals surface area contributed by atoms with Gasteiger partial charge in [-0.2, -0.15) is 0 Å². The summed E-state index contributed by atoms with van der Waals surface area (Å²) >= 11 is 16.7. The van der Waals surface area contributed by atoms with Gasteiger partial charge < -0.3 is 5.73 Å². The number of nitrogens with zero attached hydrogens (tertiary/aromatic N) is 1. The van der Waals surface area contributed by atoms with Gasteiger partial charge in [0.25, 0.3) is 0 Å². The van der Waals surface area contributed by atoms with Crippen LogP contribution >= 0.6 is 34.8 Å². The largest absolute Gasteiger partial charge is 0.399 e. The van der Waals surface area contributed by atoms with E-state index in [1.165, 1.54) is 0 Å². The molecule has 0 fully saturated rings. The number of rotatable bonds is 3. The number of aliphatic imine (C=N–C) groups is 1. The van der Waals surface area contributed by atoms with Gasteiger partial charge in [-0.25, -0.2) is 0 Å². The Morgan fingerprint density at radius 3 is 2.29 bits per heavy atom. The normalized spacial score (nSPS) is 15.1. The van der Waals surface area contributed by atoms with Gasteiger partial charge in [-0.05, 0) is 18.9 Å². The minimum Gasteiger partial charge on any atom is -0.399 e. The molecule has 0 aliphatic carbocycles. The first kappa shape index (κ1) is 14.1. The minimum atomic E-state index is -1.55. The lowest BCUT2D eigenvalue weighted by atomic mass is 10.2. The van der Waals surface area contributed by atoms with E-state index in [-0.39, 0.29) is 5.70 Å². The van der Waals surface area contributed by atoms with Crippen LogP contribution in [0.1, 0.15) is 20.8 Å². The predicted molar refractivity (Wildman–Crippen MR) is 65.4 cm³/mol. The van der Waals surface area contributed by atoms with Gasteiger partial charge in [-0.3, -0.25) is 4.99 Å². The van der Waals surface area contributed by atoms with Crippen LogP contribution in [0.25, 0.3) is 0 Å². The van der Waals surface area contributed by atoms with E-state index in [0.717, 1.165) is 12.3 Å². The van der Waals surface area contributed by atoms with E-state index in [4.69, 9.17) is 40.5 Å². The SMILES string of the molecule is CC(C=C(N)C(Cl)(Cl)Cl)=NCC(C)C. The molecule has 14 heavy (non-hydrogen) atoms. The van der Waals surface area contributed by atoms with Gasteiger partial charge in [0.1, 0.15) is 0 Å². The van der Waals surface area contributed by atoms with Gasteiger partial charge in [0.15, 0.2) is 0 Å². The summed E-state index contributed by atoms with van der Waals surface area (Å²) in [5.74, 6) is 0.507. The Labute approximate surface area is 100 Å². The van der Waals surface area contributed by atoms with Gasteiger partial charge in [0, 0.05) is 12.3 Å².